The number of fused-ring (bicyclic) bond motifs is 1. The first-order valence-electron chi connectivity index (χ1n) is 11.5. The van der Waals surface area contributed by atoms with E-state index < -0.39 is 0 Å². The van der Waals surface area contributed by atoms with Gasteiger partial charge in [-0.1, -0.05) is 12.1 Å². The van der Waals surface area contributed by atoms with Crippen LogP contribution in [0.25, 0.3) is 11.1 Å². The van der Waals surface area contributed by atoms with Crippen molar-refractivity contribution in [3.63, 3.8) is 0 Å². The first-order chi connectivity index (χ1) is 14.2. The molecule has 1 aliphatic heterocycles. The Bertz CT molecular complexity index is 843. The van der Waals surface area contributed by atoms with Crippen molar-refractivity contribution in [2.75, 3.05) is 24.5 Å². The molecule has 0 spiro atoms. The lowest BCUT2D eigenvalue weighted by Crippen LogP contribution is -2.52. The average molecular weight is 394 g/mol. The van der Waals surface area contributed by atoms with Crippen LogP contribution in [-0.2, 0) is 4.79 Å². The van der Waals surface area contributed by atoms with Crippen LogP contribution in [0.1, 0.15) is 51.4 Å². The molecule has 29 heavy (non-hydrogen) atoms. The maximum atomic E-state index is 12.9. The number of oxazole rings is 1. The highest BCUT2D eigenvalue weighted by Gasteiger charge is 2.50. The Hall–Kier alpha value is -2.04. The molecule has 4 saturated carbocycles. The minimum absolute atomic E-state index is 0.129. The summed E-state index contributed by atoms with van der Waals surface area (Å²) in [6.07, 6.45) is 10.2. The molecule has 1 amide bonds. The molecule has 1 aromatic carbocycles. The van der Waals surface area contributed by atoms with Gasteiger partial charge in [0.2, 0.25) is 5.91 Å². The van der Waals surface area contributed by atoms with E-state index >= 15 is 0 Å². The summed E-state index contributed by atoms with van der Waals surface area (Å²) < 4.78 is 5.90. The van der Waals surface area contributed by atoms with Crippen LogP contribution >= 0.6 is 0 Å². The van der Waals surface area contributed by atoms with Gasteiger partial charge in [0.1, 0.15) is 5.52 Å². The number of amides is 1. The van der Waals surface area contributed by atoms with E-state index in [-0.39, 0.29) is 11.8 Å². The van der Waals surface area contributed by atoms with Crippen molar-refractivity contribution >= 4 is 23.0 Å². The van der Waals surface area contributed by atoms with Crippen LogP contribution in [0.2, 0.25) is 0 Å². The third kappa shape index (κ3) is 3.23. The number of piperidine rings is 1. The van der Waals surface area contributed by atoms with Gasteiger partial charge in [-0.3, -0.25) is 4.79 Å². The van der Waals surface area contributed by atoms with Gasteiger partial charge in [0.15, 0.2) is 5.58 Å². The van der Waals surface area contributed by atoms with Crippen molar-refractivity contribution in [2.45, 2.75) is 51.4 Å². The van der Waals surface area contributed by atoms with Gasteiger partial charge < -0.3 is 14.6 Å². The molecule has 4 bridgehead atoms. The summed E-state index contributed by atoms with van der Waals surface area (Å²) in [6, 6.07) is 8.58. The number of nitrogens with zero attached hydrogens (tertiary/aromatic N) is 2. The summed E-state index contributed by atoms with van der Waals surface area (Å²) in [6.45, 7) is 2.59. The molecule has 0 unspecified atom stereocenters. The van der Waals surface area contributed by atoms with Crippen molar-refractivity contribution in [1.29, 1.82) is 0 Å². The Balaban J connectivity index is 1.04. The van der Waals surface area contributed by atoms with Crippen LogP contribution in [0.5, 0.6) is 0 Å². The number of nitrogens with one attached hydrogen (secondary N) is 1. The van der Waals surface area contributed by atoms with E-state index in [1.165, 1.54) is 38.5 Å². The third-order valence-corrected chi connectivity index (χ3v) is 8.22. The number of hydrogen-bond donors (Lipinski definition) is 1. The number of carbonyl (C=O) groups is 1. The molecule has 0 radical (unpaired) electrons. The summed E-state index contributed by atoms with van der Waals surface area (Å²) >= 11 is 0. The predicted molar refractivity (Wildman–Crippen MR) is 113 cm³/mol. The monoisotopic (exact) mass is 393 g/mol. The van der Waals surface area contributed by atoms with Crippen molar-refractivity contribution in [3.05, 3.63) is 24.3 Å². The molecule has 1 N–H and O–H groups in total. The Morgan fingerprint density at radius 3 is 2.38 bits per heavy atom. The number of aromatic nitrogens is 1. The van der Waals surface area contributed by atoms with Gasteiger partial charge in [-0.25, -0.2) is 0 Å². The average Bonchev–Trinajstić information content (AvgIpc) is 3.15. The van der Waals surface area contributed by atoms with Crippen LogP contribution in [0, 0.1) is 29.1 Å². The standard InChI is InChI=1S/C24H31N3O2/c28-22(25-15-24-12-16-9-17(13-24)11-18(10-16)14-24)19-5-7-27(8-6-19)23-26-20-3-1-2-4-21(20)29-23/h1-4,16-19H,5-15H2,(H,25,28). The highest BCUT2D eigenvalue weighted by molar-refractivity contribution is 5.79. The topological polar surface area (TPSA) is 58.4 Å². The molecule has 5 fully saturated rings. The molecule has 1 aromatic heterocycles. The van der Waals surface area contributed by atoms with Crippen LogP contribution < -0.4 is 10.2 Å². The van der Waals surface area contributed by atoms with Gasteiger partial charge in [-0.2, -0.15) is 4.98 Å². The number of anilines is 1. The predicted octanol–water partition coefficient (Wildman–Crippen LogP) is 4.38. The molecular weight excluding hydrogens is 362 g/mol. The SMILES string of the molecule is O=C(NCC12CC3CC(CC(C3)C1)C2)C1CCN(c2nc3ccccc3o2)CC1. The minimum atomic E-state index is 0.129. The van der Waals surface area contributed by atoms with Crippen LogP contribution in [-0.4, -0.2) is 30.5 Å². The fourth-order valence-corrected chi connectivity index (χ4v) is 7.25. The Morgan fingerprint density at radius 2 is 1.72 bits per heavy atom. The molecule has 5 nitrogen and oxygen atoms in total. The van der Waals surface area contributed by atoms with Crippen LogP contribution in [0.4, 0.5) is 6.01 Å². The minimum Gasteiger partial charge on any atom is -0.423 e. The Kier molecular flexibility index (Phi) is 4.14. The van der Waals surface area contributed by atoms with Gasteiger partial charge in [-0.15, -0.1) is 0 Å². The number of hydrogen-bond acceptors (Lipinski definition) is 4. The first-order valence-corrected chi connectivity index (χ1v) is 11.5. The molecular formula is C24H31N3O2. The van der Waals surface area contributed by atoms with E-state index in [0.717, 1.165) is 61.3 Å². The molecule has 5 aliphatic rings. The van der Waals surface area contributed by atoms with Gasteiger partial charge >= 0.3 is 0 Å². The summed E-state index contributed by atoms with van der Waals surface area (Å²) in [4.78, 5) is 19.7. The van der Waals surface area contributed by atoms with E-state index in [2.05, 4.69) is 15.2 Å². The molecule has 1 saturated heterocycles. The molecule has 2 heterocycles. The highest BCUT2D eigenvalue weighted by atomic mass is 16.4. The zero-order valence-electron chi connectivity index (χ0n) is 17.1. The molecule has 4 aliphatic carbocycles. The maximum Gasteiger partial charge on any atom is 0.298 e. The van der Waals surface area contributed by atoms with Crippen molar-refractivity contribution in [3.8, 4) is 0 Å². The van der Waals surface area contributed by atoms with Crippen molar-refractivity contribution in [1.82, 2.24) is 10.3 Å². The molecule has 154 valence electrons. The molecule has 7 rings (SSSR count). The number of carbonyl (C=O) groups excluding carboxylic acids is 1. The quantitative estimate of drug-likeness (QED) is 0.838. The third-order valence-electron chi connectivity index (χ3n) is 8.22. The summed E-state index contributed by atoms with van der Waals surface area (Å²) in [5, 5.41) is 3.39. The lowest BCUT2D eigenvalue weighted by molar-refractivity contribution is -0.127. The number of rotatable bonds is 4. The lowest BCUT2D eigenvalue weighted by atomic mass is 9.49. The summed E-state index contributed by atoms with van der Waals surface area (Å²) in [5.41, 5.74) is 2.15. The van der Waals surface area contributed by atoms with E-state index in [1.807, 2.05) is 24.3 Å². The van der Waals surface area contributed by atoms with Crippen molar-refractivity contribution < 1.29 is 9.21 Å². The largest absolute Gasteiger partial charge is 0.423 e. The van der Waals surface area contributed by atoms with Gasteiger partial charge in [0, 0.05) is 25.6 Å². The van der Waals surface area contributed by atoms with E-state index in [4.69, 9.17) is 4.42 Å². The van der Waals surface area contributed by atoms with Crippen LogP contribution in [0.3, 0.4) is 0 Å². The summed E-state index contributed by atoms with van der Waals surface area (Å²) in [7, 11) is 0. The second kappa shape index (κ2) is 6.75. The van der Waals surface area contributed by atoms with Gasteiger partial charge in [0.05, 0.1) is 0 Å². The lowest BCUT2D eigenvalue weighted by Gasteiger charge is -2.57. The van der Waals surface area contributed by atoms with E-state index in [1.54, 1.807) is 0 Å². The fraction of sp³-hybridized carbons (Fsp3) is 0.667. The maximum absolute atomic E-state index is 12.9. The molecule has 0 atom stereocenters. The zero-order valence-corrected chi connectivity index (χ0v) is 17.1. The fourth-order valence-electron chi connectivity index (χ4n) is 7.25. The Morgan fingerprint density at radius 1 is 1.07 bits per heavy atom. The van der Waals surface area contributed by atoms with Gasteiger partial charge in [-0.05, 0) is 86.7 Å². The number of para-hydroxylation sites is 2. The second-order valence-electron chi connectivity index (χ2n) is 10.4. The number of benzene rings is 1. The van der Waals surface area contributed by atoms with Crippen molar-refractivity contribution in [2.24, 2.45) is 29.1 Å². The van der Waals surface area contributed by atoms with E-state index in [9.17, 15) is 4.79 Å². The normalized spacial score (nSPS) is 34.1. The van der Waals surface area contributed by atoms with Gasteiger partial charge in [0.25, 0.3) is 6.01 Å². The summed E-state index contributed by atoms with van der Waals surface area (Å²) in [5.74, 6) is 3.23. The van der Waals surface area contributed by atoms with E-state index in [0.29, 0.717) is 11.4 Å². The van der Waals surface area contributed by atoms with Crippen LogP contribution in [0.15, 0.2) is 28.7 Å². The molecule has 5 heteroatoms. The zero-order chi connectivity index (χ0) is 19.4. The highest BCUT2D eigenvalue weighted by Crippen LogP contribution is 2.59. The second-order valence-corrected chi connectivity index (χ2v) is 10.4. The first kappa shape index (κ1) is 17.8. The Labute approximate surface area is 172 Å². The molecule has 2 aromatic rings. The smallest absolute Gasteiger partial charge is 0.298 e.